The molecule has 0 aliphatic carbocycles. The number of ether oxygens (including phenoxy) is 1. The van der Waals surface area contributed by atoms with Crippen molar-refractivity contribution in [3.8, 4) is 18.1 Å². The number of nitrogens with one attached hydrogen (secondary N) is 1. The molecule has 0 saturated heterocycles. The van der Waals surface area contributed by atoms with Gasteiger partial charge in [-0.05, 0) is 18.2 Å². The summed E-state index contributed by atoms with van der Waals surface area (Å²) < 4.78 is 5.48. The lowest BCUT2D eigenvalue weighted by molar-refractivity contribution is 0.366. The second-order valence-corrected chi connectivity index (χ2v) is 3.70. The molecule has 90 valence electrons. The standard InChI is InChI=1S/C15H14N2O/c1-2-10-18-15-8-4-3-6-13(15)11-17-14-7-5-9-16-12-14/h1,3-9,12,17H,10-11H2. The molecule has 0 bridgehead atoms. The number of aromatic nitrogens is 1. The minimum Gasteiger partial charge on any atom is -0.481 e. The maximum absolute atomic E-state index is 5.48. The van der Waals surface area contributed by atoms with Gasteiger partial charge in [-0.15, -0.1) is 6.42 Å². The van der Waals surface area contributed by atoms with Crippen molar-refractivity contribution in [3.63, 3.8) is 0 Å². The summed E-state index contributed by atoms with van der Waals surface area (Å²) in [6.45, 7) is 0.955. The van der Waals surface area contributed by atoms with E-state index in [1.165, 1.54) is 0 Å². The van der Waals surface area contributed by atoms with Gasteiger partial charge in [0.15, 0.2) is 0 Å². The van der Waals surface area contributed by atoms with Crippen molar-refractivity contribution < 1.29 is 4.74 Å². The first-order valence-electron chi connectivity index (χ1n) is 5.68. The van der Waals surface area contributed by atoms with Crippen LogP contribution in [0.4, 0.5) is 5.69 Å². The molecule has 0 atom stereocenters. The number of benzene rings is 1. The summed E-state index contributed by atoms with van der Waals surface area (Å²) >= 11 is 0. The van der Waals surface area contributed by atoms with Crippen molar-refractivity contribution in [1.82, 2.24) is 4.98 Å². The lowest BCUT2D eigenvalue weighted by Crippen LogP contribution is -2.03. The highest BCUT2D eigenvalue weighted by Gasteiger charge is 2.02. The molecule has 1 heterocycles. The third-order valence-electron chi connectivity index (χ3n) is 2.43. The minimum absolute atomic E-state index is 0.282. The number of terminal acetylenes is 1. The Balaban J connectivity index is 2.03. The maximum Gasteiger partial charge on any atom is 0.148 e. The molecule has 2 rings (SSSR count). The molecule has 0 aliphatic heterocycles. The minimum atomic E-state index is 0.282. The molecule has 0 amide bonds. The van der Waals surface area contributed by atoms with Crippen LogP contribution in [0.1, 0.15) is 5.56 Å². The number of hydrogen-bond donors (Lipinski definition) is 1. The Morgan fingerprint density at radius 1 is 1.22 bits per heavy atom. The summed E-state index contributed by atoms with van der Waals surface area (Å²) in [5.41, 5.74) is 2.04. The molecule has 0 radical (unpaired) electrons. The normalized spacial score (nSPS) is 9.50. The van der Waals surface area contributed by atoms with Gasteiger partial charge in [-0.1, -0.05) is 24.1 Å². The zero-order chi connectivity index (χ0) is 12.6. The van der Waals surface area contributed by atoms with Crippen molar-refractivity contribution in [2.24, 2.45) is 0 Å². The Hall–Kier alpha value is -2.47. The quantitative estimate of drug-likeness (QED) is 0.813. The van der Waals surface area contributed by atoms with E-state index in [0.717, 1.165) is 17.0 Å². The van der Waals surface area contributed by atoms with Crippen molar-refractivity contribution in [2.45, 2.75) is 6.54 Å². The molecule has 0 saturated carbocycles. The molecule has 18 heavy (non-hydrogen) atoms. The SMILES string of the molecule is C#CCOc1ccccc1CNc1cccnc1. The van der Waals surface area contributed by atoms with E-state index in [2.05, 4.69) is 16.2 Å². The van der Waals surface area contributed by atoms with Crippen molar-refractivity contribution in [3.05, 3.63) is 54.4 Å². The molecule has 3 nitrogen and oxygen atoms in total. The van der Waals surface area contributed by atoms with Gasteiger partial charge in [-0.2, -0.15) is 0 Å². The summed E-state index contributed by atoms with van der Waals surface area (Å²) in [6, 6.07) is 11.7. The molecule has 1 N–H and O–H groups in total. The van der Waals surface area contributed by atoms with E-state index in [4.69, 9.17) is 11.2 Å². The summed E-state index contributed by atoms with van der Waals surface area (Å²) in [5.74, 6) is 3.28. The van der Waals surface area contributed by atoms with Crippen LogP contribution in [0, 0.1) is 12.3 Å². The van der Waals surface area contributed by atoms with Gasteiger partial charge in [0, 0.05) is 24.5 Å². The fourth-order valence-electron chi connectivity index (χ4n) is 1.57. The lowest BCUT2D eigenvalue weighted by Gasteiger charge is -2.11. The number of anilines is 1. The van der Waals surface area contributed by atoms with E-state index >= 15 is 0 Å². The molecule has 0 fully saturated rings. The highest BCUT2D eigenvalue weighted by Crippen LogP contribution is 2.19. The summed E-state index contributed by atoms with van der Waals surface area (Å²) in [7, 11) is 0. The Morgan fingerprint density at radius 2 is 2.11 bits per heavy atom. The van der Waals surface area contributed by atoms with Gasteiger partial charge in [0.2, 0.25) is 0 Å². The molecule has 2 aromatic rings. The first kappa shape index (κ1) is 12.0. The van der Waals surface area contributed by atoms with E-state index < -0.39 is 0 Å². The van der Waals surface area contributed by atoms with E-state index in [-0.39, 0.29) is 6.61 Å². The molecular formula is C15H14N2O. The summed E-state index contributed by atoms with van der Waals surface area (Å²) in [5, 5.41) is 3.28. The molecule has 1 aromatic heterocycles. The van der Waals surface area contributed by atoms with Crippen LogP contribution in [0.3, 0.4) is 0 Å². The highest BCUT2D eigenvalue weighted by molar-refractivity contribution is 5.43. The molecule has 1 aromatic carbocycles. The third-order valence-corrected chi connectivity index (χ3v) is 2.43. The number of pyridine rings is 1. The van der Waals surface area contributed by atoms with Gasteiger partial charge >= 0.3 is 0 Å². The highest BCUT2D eigenvalue weighted by atomic mass is 16.5. The first-order chi connectivity index (χ1) is 8.90. The predicted octanol–water partition coefficient (Wildman–Crippen LogP) is 2.71. The van der Waals surface area contributed by atoms with Crippen LogP contribution in [0.15, 0.2) is 48.8 Å². The molecule has 3 heteroatoms. The molecule has 0 aliphatic rings. The van der Waals surface area contributed by atoms with Gasteiger partial charge in [0.05, 0.1) is 5.69 Å². The van der Waals surface area contributed by atoms with E-state index in [9.17, 15) is 0 Å². The molecular weight excluding hydrogens is 224 g/mol. The average molecular weight is 238 g/mol. The van der Waals surface area contributed by atoms with Crippen molar-refractivity contribution >= 4 is 5.69 Å². The van der Waals surface area contributed by atoms with E-state index in [1.54, 1.807) is 12.4 Å². The Morgan fingerprint density at radius 3 is 2.89 bits per heavy atom. The van der Waals surface area contributed by atoms with Gasteiger partial charge in [-0.25, -0.2) is 0 Å². The van der Waals surface area contributed by atoms with Gasteiger partial charge in [0.1, 0.15) is 12.4 Å². The fraction of sp³-hybridized carbons (Fsp3) is 0.133. The molecule has 0 spiro atoms. The lowest BCUT2D eigenvalue weighted by atomic mass is 10.2. The Kier molecular flexibility index (Phi) is 4.21. The smallest absolute Gasteiger partial charge is 0.148 e. The van der Waals surface area contributed by atoms with E-state index in [1.807, 2.05) is 36.4 Å². The zero-order valence-electron chi connectivity index (χ0n) is 9.97. The summed E-state index contributed by atoms with van der Waals surface area (Å²) in [4.78, 5) is 4.05. The largest absolute Gasteiger partial charge is 0.481 e. The average Bonchev–Trinajstić information content (AvgIpc) is 2.45. The van der Waals surface area contributed by atoms with Crippen LogP contribution >= 0.6 is 0 Å². The van der Waals surface area contributed by atoms with Crippen LogP contribution in [0.25, 0.3) is 0 Å². The number of hydrogen-bond acceptors (Lipinski definition) is 3. The van der Waals surface area contributed by atoms with Crippen LogP contribution in [0.2, 0.25) is 0 Å². The van der Waals surface area contributed by atoms with Gasteiger partial charge in [-0.3, -0.25) is 4.98 Å². The van der Waals surface area contributed by atoms with Crippen molar-refractivity contribution in [2.75, 3.05) is 11.9 Å². The predicted molar refractivity (Wildman–Crippen MR) is 72.3 cm³/mol. The number of para-hydroxylation sites is 1. The second-order valence-electron chi connectivity index (χ2n) is 3.70. The third kappa shape index (κ3) is 3.26. The number of nitrogens with zero attached hydrogens (tertiary/aromatic N) is 1. The first-order valence-corrected chi connectivity index (χ1v) is 5.68. The fourth-order valence-corrected chi connectivity index (χ4v) is 1.57. The molecule has 0 unspecified atom stereocenters. The van der Waals surface area contributed by atoms with Crippen LogP contribution in [0.5, 0.6) is 5.75 Å². The van der Waals surface area contributed by atoms with Crippen LogP contribution < -0.4 is 10.1 Å². The van der Waals surface area contributed by atoms with Crippen molar-refractivity contribution in [1.29, 1.82) is 0 Å². The van der Waals surface area contributed by atoms with E-state index in [0.29, 0.717) is 6.54 Å². The maximum atomic E-state index is 5.48. The van der Waals surface area contributed by atoms with Crippen LogP contribution in [-0.2, 0) is 6.54 Å². The Bertz CT molecular complexity index is 532. The van der Waals surface area contributed by atoms with Gasteiger partial charge in [0.25, 0.3) is 0 Å². The summed E-state index contributed by atoms with van der Waals surface area (Å²) in [6.07, 6.45) is 8.72. The zero-order valence-corrected chi connectivity index (χ0v) is 9.97. The van der Waals surface area contributed by atoms with Gasteiger partial charge < -0.3 is 10.1 Å². The monoisotopic (exact) mass is 238 g/mol. The topological polar surface area (TPSA) is 34.1 Å². The number of rotatable bonds is 5. The second kappa shape index (κ2) is 6.31. The van der Waals surface area contributed by atoms with Crippen LogP contribution in [-0.4, -0.2) is 11.6 Å². The Labute approximate surface area is 107 Å².